The molecule has 1 aliphatic carbocycles. The molecule has 0 saturated heterocycles. The first kappa shape index (κ1) is 25.1. The summed E-state index contributed by atoms with van der Waals surface area (Å²) in [4.78, 5) is 20.3. The molecule has 186 valence electrons. The van der Waals surface area contributed by atoms with E-state index in [4.69, 9.17) is 23.2 Å². The van der Waals surface area contributed by atoms with E-state index in [0.29, 0.717) is 53.2 Å². The van der Waals surface area contributed by atoms with Gasteiger partial charge in [0.15, 0.2) is 0 Å². The molecule has 0 aliphatic heterocycles. The quantitative estimate of drug-likeness (QED) is 0.401. The average Bonchev–Trinajstić information content (AvgIpc) is 3.20. The molecule has 0 radical (unpaired) electrons. The zero-order chi connectivity index (χ0) is 25.2. The first-order valence-corrected chi connectivity index (χ1v) is 11.6. The van der Waals surface area contributed by atoms with E-state index in [9.17, 15) is 18.0 Å². The van der Waals surface area contributed by atoms with Crippen molar-refractivity contribution in [3.05, 3.63) is 46.8 Å². The molecule has 1 amide bonds. The number of nitrogens with zero attached hydrogens (tertiary/aromatic N) is 4. The third-order valence-electron chi connectivity index (χ3n) is 5.58. The zero-order valence-electron chi connectivity index (χ0n) is 18.5. The molecular formula is C22H22Cl2F3N7O. The van der Waals surface area contributed by atoms with Crippen LogP contribution in [0.2, 0.25) is 10.0 Å². The van der Waals surface area contributed by atoms with Gasteiger partial charge in [-0.05, 0) is 43.9 Å². The van der Waals surface area contributed by atoms with Crippen LogP contribution in [0.3, 0.4) is 0 Å². The Morgan fingerprint density at radius 2 is 1.71 bits per heavy atom. The third-order valence-corrected chi connectivity index (χ3v) is 6.02. The number of carbonyl (C=O) groups is 1. The maximum Gasteiger partial charge on any atom is 0.471 e. The first-order valence-electron chi connectivity index (χ1n) is 10.8. The molecule has 35 heavy (non-hydrogen) atoms. The molecule has 0 bridgehead atoms. The number of hydrogen-bond acceptors (Lipinski definition) is 6. The molecule has 2 heterocycles. The van der Waals surface area contributed by atoms with Gasteiger partial charge in [0.25, 0.3) is 0 Å². The molecule has 0 spiro atoms. The minimum Gasteiger partial charge on any atom is -0.367 e. The summed E-state index contributed by atoms with van der Waals surface area (Å²) in [5.41, 5.74) is 2.14. The van der Waals surface area contributed by atoms with Crippen LogP contribution in [0.25, 0.3) is 11.1 Å². The van der Waals surface area contributed by atoms with E-state index >= 15 is 0 Å². The molecular weight excluding hydrogens is 506 g/mol. The van der Waals surface area contributed by atoms with Gasteiger partial charge in [-0.15, -0.1) is 0 Å². The topological polar surface area (TPSA) is 96.8 Å². The van der Waals surface area contributed by atoms with E-state index in [1.165, 1.54) is 0 Å². The average molecular weight is 528 g/mol. The minimum absolute atomic E-state index is 0.0483. The lowest BCUT2D eigenvalue weighted by molar-refractivity contribution is -0.174. The largest absolute Gasteiger partial charge is 0.471 e. The Bertz CT molecular complexity index is 1190. The number of amides is 1. The lowest BCUT2D eigenvalue weighted by atomic mass is 9.91. The molecule has 8 nitrogen and oxygen atoms in total. The van der Waals surface area contributed by atoms with E-state index in [2.05, 4.69) is 31.0 Å². The summed E-state index contributed by atoms with van der Waals surface area (Å²) < 4.78 is 39.3. The second kappa shape index (κ2) is 10.3. The molecule has 0 unspecified atom stereocenters. The molecule has 1 fully saturated rings. The fourth-order valence-electron chi connectivity index (χ4n) is 3.92. The highest BCUT2D eigenvalue weighted by Gasteiger charge is 2.40. The van der Waals surface area contributed by atoms with Crippen LogP contribution in [0.15, 0.2) is 36.8 Å². The van der Waals surface area contributed by atoms with E-state index < -0.39 is 18.1 Å². The number of carbonyl (C=O) groups excluding carboxylic acids is 1. The molecule has 0 atom stereocenters. The number of benzene rings is 1. The van der Waals surface area contributed by atoms with Gasteiger partial charge in [0.05, 0.1) is 6.20 Å². The summed E-state index contributed by atoms with van der Waals surface area (Å²) in [6.45, 7) is 0. The van der Waals surface area contributed by atoms with Crippen LogP contribution in [-0.4, -0.2) is 43.9 Å². The summed E-state index contributed by atoms with van der Waals surface area (Å²) in [6.07, 6.45) is 2.26. The van der Waals surface area contributed by atoms with Crippen molar-refractivity contribution in [2.75, 3.05) is 10.6 Å². The molecule has 1 aromatic carbocycles. The summed E-state index contributed by atoms with van der Waals surface area (Å²) in [6, 6.07) is 4.43. The number of hydrogen-bond donors (Lipinski definition) is 3. The molecule has 3 N–H and O–H groups in total. The minimum atomic E-state index is -4.88. The van der Waals surface area contributed by atoms with Gasteiger partial charge >= 0.3 is 12.1 Å². The van der Waals surface area contributed by atoms with Crippen LogP contribution in [0.1, 0.15) is 25.7 Å². The molecule has 13 heteroatoms. The number of anilines is 3. The fourth-order valence-corrected chi connectivity index (χ4v) is 4.45. The molecule has 1 aliphatic rings. The highest BCUT2D eigenvalue weighted by atomic mass is 35.5. The van der Waals surface area contributed by atoms with Crippen LogP contribution in [0.4, 0.5) is 30.6 Å². The number of alkyl halides is 3. The number of halogens is 5. The van der Waals surface area contributed by atoms with Gasteiger partial charge < -0.3 is 16.0 Å². The van der Waals surface area contributed by atoms with Crippen LogP contribution in [-0.2, 0) is 11.8 Å². The molecule has 4 rings (SSSR count). The summed E-state index contributed by atoms with van der Waals surface area (Å²) in [5.74, 6) is -1.04. The van der Waals surface area contributed by atoms with Crippen LogP contribution < -0.4 is 16.0 Å². The van der Waals surface area contributed by atoms with Crippen LogP contribution in [0.5, 0.6) is 0 Å². The Morgan fingerprint density at radius 3 is 2.31 bits per heavy atom. The van der Waals surface area contributed by atoms with Crippen molar-refractivity contribution >= 4 is 46.6 Å². The van der Waals surface area contributed by atoms with Crippen molar-refractivity contribution in [3.8, 4) is 11.1 Å². The van der Waals surface area contributed by atoms with Crippen molar-refractivity contribution in [2.45, 2.75) is 43.9 Å². The maximum absolute atomic E-state index is 12.5. The molecule has 1 saturated carbocycles. The third kappa shape index (κ3) is 6.55. The highest BCUT2D eigenvalue weighted by Crippen LogP contribution is 2.31. The number of aromatic nitrogens is 4. The normalized spacial score (nSPS) is 18.2. The van der Waals surface area contributed by atoms with Gasteiger partial charge in [-0.25, -0.2) is 4.98 Å². The second-order valence-electron chi connectivity index (χ2n) is 8.31. The van der Waals surface area contributed by atoms with Crippen molar-refractivity contribution in [1.29, 1.82) is 0 Å². The van der Waals surface area contributed by atoms with Gasteiger partial charge in [-0.2, -0.15) is 23.3 Å². The Hall–Kier alpha value is -3.05. The Kier molecular flexibility index (Phi) is 7.36. The van der Waals surface area contributed by atoms with Crippen LogP contribution >= 0.6 is 23.2 Å². The summed E-state index contributed by atoms with van der Waals surface area (Å²) in [5, 5.41) is 13.7. The molecule has 2 aromatic heterocycles. The predicted molar refractivity (Wildman–Crippen MR) is 128 cm³/mol. The van der Waals surface area contributed by atoms with E-state index in [-0.39, 0.29) is 6.04 Å². The lowest BCUT2D eigenvalue weighted by Gasteiger charge is -2.30. The van der Waals surface area contributed by atoms with Crippen molar-refractivity contribution in [2.24, 2.45) is 7.05 Å². The van der Waals surface area contributed by atoms with E-state index in [1.54, 1.807) is 42.3 Å². The van der Waals surface area contributed by atoms with Gasteiger partial charge in [0.2, 0.25) is 5.95 Å². The second-order valence-corrected chi connectivity index (χ2v) is 9.18. The SMILES string of the molecule is Cn1cc(-c2cnc(Nc3cc(Cl)cc(Cl)c3)nc2N[C@H]2CC[C@H](NC(=O)C(F)(F)F)CC2)cn1. The van der Waals surface area contributed by atoms with Crippen molar-refractivity contribution in [3.63, 3.8) is 0 Å². The van der Waals surface area contributed by atoms with Gasteiger partial charge in [-0.1, -0.05) is 23.2 Å². The highest BCUT2D eigenvalue weighted by molar-refractivity contribution is 6.35. The maximum atomic E-state index is 12.5. The first-order chi connectivity index (χ1) is 16.6. The summed E-state index contributed by atoms with van der Waals surface area (Å²) in [7, 11) is 1.80. The van der Waals surface area contributed by atoms with Gasteiger partial charge in [-0.3, -0.25) is 9.48 Å². The lowest BCUT2D eigenvalue weighted by Crippen LogP contribution is -2.45. The Balaban J connectivity index is 1.51. The van der Waals surface area contributed by atoms with Gasteiger partial charge in [0, 0.05) is 58.4 Å². The van der Waals surface area contributed by atoms with E-state index in [0.717, 1.165) is 11.1 Å². The number of rotatable bonds is 6. The van der Waals surface area contributed by atoms with Crippen molar-refractivity contribution in [1.82, 2.24) is 25.1 Å². The Morgan fingerprint density at radius 1 is 1.06 bits per heavy atom. The monoisotopic (exact) mass is 527 g/mol. The predicted octanol–water partition coefficient (Wildman–Crippen LogP) is 5.33. The van der Waals surface area contributed by atoms with Crippen LogP contribution in [0, 0.1) is 0 Å². The van der Waals surface area contributed by atoms with Gasteiger partial charge in [0.1, 0.15) is 5.82 Å². The smallest absolute Gasteiger partial charge is 0.367 e. The summed E-state index contributed by atoms with van der Waals surface area (Å²) >= 11 is 12.2. The zero-order valence-corrected chi connectivity index (χ0v) is 20.0. The Labute approximate surface area is 209 Å². The van der Waals surface area contributed by atoms with E-state index in [1.807, 2.05) is 6.20 Å². The standard InChI is InChI=1S/C22H22Cl2F3N7O/c1-34-11-12(9-29-34)18-10-28-21(32-17-7-13(23)6-14(24)8-17)33-19(18)30-15-2-4-16(5-3-15)31-20(35)22(25,26)27/h6-11,15-16H,2-5H2,1H3,(H,31,35)(H2,28,30,32,33)/t15-,16-. The number of aryl methyl sites for hydroxylation is 1. The van der Waals surface area contributed by atoms with Crippen molar-refractivity contribution < 1.29 is 18.0 Å². The molecule has 3 aromatic rings. The fraction of sp³-hybridized carbons (Fsp3) is 0.364. The number of nitrogens with one attached hydrogen (secondary N) is 3.